The smallest absolute Gasteiger partial charge is 0.0414 e. The van der Waals surface area contributed by atoms with Gasteiger partial charge >= 0.3 is 0 Å². The molecule has 0 aliphatic heterocycles. The molecule has 0 saturated heterocycles. The van der Waals surface area contributed by atoms with Gasteiger partial charge in [0.1, 0.15) is 0 Å². The summed E-state index contributed by atoms with van der Waals surface area (Å²) < 4.78 is 0. The van der Waals surface area contributed by atoms with Crippen molar-refractivity contribution in [2.45, 2.75) is 83.5 Å². The Morgan fingerprint density at radius 2 is 0.667 bits per heavy atom. The molecule has 0 aromatic rings. The van der Waals surface area contributed by atoms with Crippen LogP contribution < -0.4 is 0 Å². The first-order chi connectivity index (χ1) is 7.45. The SMILES string of the molecule is C1CCCC2CCCCCC(CC1)CC2. The quantitative estimate of drug-likeness (QED) is 0.505. The van der Waals surface area contributed by atoms with Crippen molar-refractivity contribution in [1.82, 2.24) is 0 Å². The summed E-state index contributed by atoms with van der Waals surface area (Å²) in [4.78, 5) is 0. The van der Waals surface area contributed by atoms with Gasteiger partial charge in [-0.2, -0.15) is 0 Å². The highest BCUT2D eigenvalue weighted by atomic mass is 14.2. The molecule has 88 valence electrons. The Hall–Kier alpha value is 0. The van der Waals surface area contributed by atoms with Crippen LogP contribution in [0.25, 0.3) is 0 Å². The maximum atomic E-state index is 1.56. The summed E-state index contributed by atoms with van der Waals surface area (Å²) in [7, 11) is 0. The average Bonchev–Trinajstić information content (AvgIpc) is 2.38. The Kier molecular flexibility index (Phi) is 5.02. The first-order valence-electron chi connectivity index (χ1n) is 7.45. The molecule has 2 unspecified atom stereocenters. The van der Waals surface area contributed by atoms with Crippen molar-refractivity contribution in [2.24, 2.45) is 11.8 Å². The molecule has 2 fully saturated rings. The zero-order valence-electron chi connectivity index (χ0n) is 10.3. The van der Waals surface area contributed by atoms with Gasteiger partial charge < -0.3 is 0 Å². The van der Waals surface area contributed by atoms with Crippen LogP contribution in [-0.4, -0.2) is 0 Å². The Bertz CT molecular complexity index is 143. The van der Waals surface area contributed by atoms with E-state index in [-0.39, 0.29) is 0 Å². The van der Waals surface area contributed by atoms with Gasteiger partial charge in [-0.15, -0.1) is 0 Å². The normalized spacial score (nSPS) is 35.2. The summed E-state index contributed by atoms with van der Waals surface area (Å²) in [6, 6.07) is 0. The molecule has 2 rings (SSSR count). The molecule has 0 amide bonds. The van der Waals surface area contributed by atoms with Crippen molar-refractivity contribution in [1.29, 1.82) is 0 Å². The number of rotatable bonds is 0. The second kappa shape index (κ2) is 6.55. The van der Waals surface area contributed by atoms with E-state index in [1.54, 1.807) is 38.5 Å². The van der Waals surface area contributed by atoms with Crippen molar-refractivity contribution in [3.63, 3.8) is 0 Å². The lowest BCUT2D eigenvalue weighted by Gasteiger charge is -2.21. The van der Waals surface area contributed by atoms with Crippen molar-refractivity contribution < 1.29 is 0 Å². The molecule has 0 heterocycles. The molecular formula is C15H28. The lowest BCUT2D eigenvalue weighted by atomic mass is 9.85. The van der Waals surface area contributed by atoms with E-state index in [2.05, 4.69) is 0 Å². The van der Waals surface area contributed by atoms with Crippen molar-refractivity contribution in [3.05, 3.63) is 0 Å². The van der Waals surface area contributed by atoms with Gasteiger partial charge in [-0.3, -0.25) is 0 Å². The topological polar surface area (TPSA) is 0 Å². The first-order valence-corrected chi connectivity index (χ1v) is 7.45. The number of fused-ring (bicyclic) bond motifs is 3. The van der Waals surface area contributed by atoms with Crippen LogP contribution in [0, 0.1) is 11.8 Å². The third kappa shape index (κ3) is 4.17. The Morgan fingerprint density at radius 1 is 0.333 bits per heavy atom. The predicted octanol–water partition coefficient (Wildman–Crippen LogP) is 5.32. The van der Waals surface area contributed by atoms with Crippen molar-refractivity contribution >= 4 is 0 Å². The van der Waals surface area contributed by atoms with Crippen molar-refractivity contribution in [2.75, 3.05) is 0 Å². The van der Waals surface area contributed by atoms with E-state index in [0.29, 0.717) is 0 Å². The maximum absolute atomic E-state index is 1.56. The standard InChI is InChI=1S/C15H28/c1-2-5-9-15-11-7-3-6-10-14(8-4-1)12-13-15/h14-15H,1-13H2. The van der Waals surface area contributed by atoms with Gasteiger partial charge in [0.25, 0.3) is 0 Å². The first kappa shape index (κ1) is 11.5. The zero-order chi connectivity index (χ0) is 10.3. The molecule has 2 atom stereocenters. The number of hydrogen-bond acceptors (Lipinski definition) is 0. The Balaban J connectivity index is 1.90. The van der Waals surface area contributed by atoms with E-state index >= 15 is 0 Å². The maximum Gasteiger partial charge on any atom is -0.0414 e. The second-order valence-corrected chi connectivity index (χ2v) is 5.94. The minimum absolute atomic E-state index is 1.10. The van der Waals surface area contributed by atoms with E-state index in [4.69, 9.17) is 0 Å². The fourth-order valence-corrected chi connectivity index (χ4v) is 3.60. The highest BCUT2D eigenvalue weighted by Crippen LogP contribution is 2.32. The third-order valence-electron chi connectivity index (χ3n) is 4.68. The number of hydrogen-bond donors (Lipinski definition) is 0. The summed E-state index contributed by atoms with van der Waals surface area (Å²) in [5.74, 6) is 2.20. The minimum Gasteiger partial charge on any atom is -0.0533 e. The van der Waals surface area contributed by atoms with Crippen molar-refractivity contribution in [3.8, 4) is 0 Å². The van der Waals surface area contributed by atoms with Gasteiger partial charge in [-0.25, -0.2) is 0 Å². The molecule has 0 radical (unpaired) electrons. The highest BCUT2D eigenvalue weighted by Gasteiger charge is 2.17. The second-order valence-electron chi connectivity index (χ2n) is 5.94. The van der Waals surface area contributed by atoms with Crippen LogP contribution in [0.2, 0.25) is 0 Å². The predicted molar refractivity (Wildman–Crippen MR) is 67.0 cm³/mol. The molecule has 0 heteroatoms. The largest absolute Gasteiger partial charge is 0.0533 e. The summed E-state index contributed by atoms with van der Waals surface area (Å²) in [6.45, 7) is 0. The van der Waals surface area contributed by atoms with Gasteiger partial charge in [-0.1, -0.05) is 83.5 Å². The van der Waals surface area contributed by atoms with Gasteiger partial charge in [0, 0.05) is 0 Å². The zero-order valence-corrected chi connectivity index (χ0v) is 10.3. The summed E-state index contributed by atoms with van der Waals surface area (Å²) >= 11 is 0. The molecule has 0 nitrogen and oxygen atoms in total. The molecule has 2 aliphatic rings. The molecule has 0 spiro atoms. The summed E-state index contributed by atoms with van der Waals surface area (Å²) in [5.41, 5.74) is 0. The third-order valence-corrected chi connectivity index (χ3v) is 4.68. The van der Waals surface area contributed by atoms with Gasteiger partial charge in [0.2, 0.25) is 0 Å². The van der Waals surface area contributed by atoms with E-state index in [1.165, 1.54) is 44.9 Å². The van der Waals surface area contributed by atoms with Crippen LogP contribution >= 0.6 is 0 Å². The average molecular weight is 208 g/mol. The van der Waals surface area contributed by atoms with E-state index in [1.807, 2.05) is 0 Å². The fraction of sp³-hybridized carbons (Fsp3) is 1.00. The van der Waals surface area contributed by atoms with Crippen LogP contribution in [0.5, 0.6) is 0 Å². The van der Waals surface area contributed by atoms with E-state index in [9.17, 15) is 0 Å². The summed E-state index contributed by atoms with van der Waals surface area (Å²) in [6.07, 6.45) is 20.0. The Labute approximate surface area is 95.8 Å². The van der Waals surface area contributed by atoms with Crippen LogP contribution in [-0.2, 0) is 0 Å². The molecule has 2 saturated carbocycles. The van der Waals surface area contributed by atoms with Gasteiger partial charge in [-0.05, 0) is 11.8 Å². The molecule has 15 heavy (non-hydrogen) atoms. The molecule has 0 N–H and O–H groups in total. The van der Waals surface area contributed by atoms with Crippen LogP contribution in [0.15, 0.2) is 0 Å². The molecule has 2 bridgehead atoms. The van der Waals surface area contributed by atoms with Crippen LogP contribution in [0.3, 0.4) is 0 Å². The highest BCUT2D eigenvalue weighted by molar-refractivity contribution is 4.70. The minimum atomic E-state index is 1.10. The van der Waals surface area contributed by atoms with Gasteiger partial charge in [0.15, 0.2) is 0 Å². The van der Waals surface area contributed by atoms with Gasteiger partial charge in [0.05, 0.1) is 0 Å². The lowest BCUT2D eigenvalue weighted by Crippen LogP contribution is -2.07. The van der Waals surface area contributed by atoms with E-state index in [0.717, 1.165) is 11.8 Å². The Morgan fingerprint density at radius 3 is 1.07 bits per heavy atom. The molecular weight excluding hydrogens is 180 g/mol. The summed E-state index contributed by atoms with van der Waals surface area (Å²) in [5, 5.41) is 0. The van der Waals surface area contributed by atoms with E-state index < -0.39 is 0 Å². The molecule has 2 aliphatic carbocycles. The molecule has 0 aromatic carbocycles. The fourth-order valence-electron chi connectivity index (χ4n) is 3.60. The monoisotopic (exact) mass is 208 g/mol. The van der Waals surface area contributed by atoms with Crippen LogP contribution in [0.4, 0.5) is 0 Å². The lowest BCUT2D eigenvalue weighted by molar-refractivity contribution is 0.318. The van der Waals surface area contributed by atoms with Crippen LogP contribution in [0.1, 0.15) is 83.5 Å². The molecule has 0 aromatic heterocycles.